The molecule has 0 amide bonds. The Hall–Kier alpha value is -1.81. The molecule has 0 aliphatic heterocycles. The van der Waals surface area contributed by atoms with Gasteiger partial charge in [-0.25, -0.2) is 4.39 Å². The van der Waals surface area contributed by atoms with Crippen LogP contribution in [0.4, 0.5) is 4.39 Å². The third kappa shape index (κ3) is 2.96. The Kier molecular flexibility index (Phi) is 3.90. The Morgan fingerprint density at radius 1 is 1.16 bits per heavy atom. The van der Waals surface area contributed by atoms with Gasteiger partial charge in [-0.05, 0) is 49.2 Å². The van der Waals surface area contributed by atoms with Crippen molar-refractivity contribution in [1.29, 1.82) is 5.41 Å². The van der Waals surface area contributed by atoms with Crippen molar-refractivity contribution < 1.29 is 4.39 Å². The predicted molar refractivity (Wildman–Crippen MR) is 77.5 cm³/mol. The van der Waals surface area contributed by atoms with E-state index < -0.39 is 5.82 Å². The van der Waals surface area contributed by atoms with Gasteiger partial charge in [0.25, 0.3) is 0 Å². The average molecular weight is 274 g/mol. The molecular weight excluding hydrogens is 259 g/mol. The van der Waals surface area contributed by atoms with Crippen LogP contribution in [-0.2, 0) is 0 Å². The Bertz CT molecular complexity index is 638. The minimum atomic E-state index is -0.457. The average Bonchev–Trinajstić information content (AvgIpc) is 2.33. The second kappa shape index (κ2) is 5.45. The van der Waals surface area contributed by atoms with Gasteiger partial charge in [0.1, 0.15) is 11.7 Å². The van der Waals surface area contributed by atoms with Gasteiger partial charge in [0.05, 0.1) is 5.56 Å². The van der Waals surface area contributed by atoms with E-state index in [2.05, 4.69) is 6.07 Å². The number of rotatable bonds is 3. The van der Waals surface area contributed by atoms with Gasteiger partial charge in [0, 0.05) is 9.79 Å². The molecule has 4 heteroatoms. The molecule has 0 saturated carbocycles. The van der Waals surface area contributed by atoms with Crippen LogP contribution >= 0.6 is 11.8 Å². The molecule has 0 unspecified atom stereocenters. The first kappa shape index (κ1) is 13.6. The number of nitrogens with one attached hydrogen (secondary N) is 1. The van der Waals surface area contributed by atoms with Gasteiger partial charge in [-0.2, -0.15) is 0 Å². The summed E-state index contributed by atoms with van der Waals surface area (Å²) in [7, 11) is 0. The number of nitrogen functional groups attached to an aromatic ring is 1. The van der Waals surface area contributed by atoms with E-state index in [1.807, 2.05) is 26.0 Å². The zero-order valence-electron chi connectivity index (χ0n) is 10.8. The molecule has 2 rings (SSSR count). The molecule has 0 radical (unpaired) electrons. The lowest BCUT2D eigenvalue weighted by atomic mass is 10.1. The highest BCUT2D eigenvalue weighted by molar-refractivity contribution is 7.99. The zero-order valence-corrected chi connectivity index (χ0v) is 11.6. The van der Waals surface area contributed by atoms with Crippen molar-refractivity contribution in [2.24, 2.45) is 5.73 Å². The van der Waals surface area contributed by atoms with Crippen LogP contribution in [0.3, 0.4) is 0 Å². The fourth-order valence-corrected chi connectivity index (χ4v) is 2.84. The second-order valence-corrected chi connectivity index (χ2v) is 5.49. The van der Waals surface area contributed by atoms with Crippen LogP contribution in [0.25, 0.3) is 0 Å². The van der Waals surface area contributed by atoms with Gasteiger partial charge >= 0.3 is 0 Å². The van der Waals surface area contributed by atoms with Crippen molar-refractivity contribution in [3.63, 3.8) is 0 Å². The third-order valence-corrected chi connectivity index (χ3v) is 4.00. The van der Waals surface area contributed by atoms with Crippen LogP contribution < -0.4 is 5.73 Å². The number of halogens is 1. The van der Waals surface area contributed by atoms with Crippen molar-refractivity contribution in [2.75, 3.05) is 0 Å². The van der Waals surface area contributed by atoms with Crippen LogP contribution in [0.5, 0.6) is 0 Å². The molecule has 0 aliphatic rings. The summed E-state index contributed by atoms with van der Waals surface area (Å²) in [6.07, 6.45) is 0. The van der Waals surface area contributed by atoms with E-state index in [-0.39, 0.29) is 11.4 Å². The first-order valence-electron chi connectivity index (χ1n) is 5.87. The van der Waals surface area contributed by atoms with E-state index in [9.17, 15) is 4.39 Å². The normalized spacial score (nSPS) is 10.5. The number of benzene rings is 2. The Labute approximate surface area is 116 Å². The van der Waals surface area contributed by atoms with Crippen molar-refractivity contribution >= 4 is 17.6 Å². The third-order valence-electron chi connectivity index (χ3n) is 2.95. The highest BCUT2D eigenvalue weighted by atomic mass is 32.2. The molecule has 98 valence electrons. The first-order chi connectivity index (χ1) is 8.99. The van der Waals surface area contributed by atoms with Crippen LogP contribution in [0.2, 0.25) is 0 Å². The van der Waals surface area contributed by atoms with Crippen molar-refractivity contribution in [3.05, 3.63) is 58.9 Å². The fourth-order valence-electron chi connectivity index (χ4n) is 1.76. The summed E-state index contributed by atoms with van der Waals surface area (Å²) in [5, 5.41) is 7.48. The van der Waals surface area contributed by atoms with Crippen LogP contribution in [0.15, 0.2) is 46.2 Å². The van der Waals surface area contributed by atoms with Crippen LogP contribution in [-0.4, -0.2) is 5.84 Å². The van der Waals surface area contributed by atoms with Gasteiger partial charge in [-0.3, -0.25) is 5.41 Å². The molecule has 0 spiro atoms. The molecule has 0 aliphatic carbocycles. The summed E-state index contributed by atoms with van der Waals surface area (Å²) >= 11 is 1.42. The Morgan fingerprint density at radius 2 is 1.89 bits per heavy atom. The molecule has 0 heterocycles. The lowest BCUT2D eigenvalue weighted by molar-refractivity contribution is 0.621. The molecule has 0 atom stereocenters. The number of aryl methyl sites for hydroxylation is 2. The van der Waals surface area contributed by atoms with E-state index in [1.54, 1.807) is 12.1 Å². The number of hydrogen-bond donors (Lipinski definition) is 2. The summed E-state index contributed by atoms with van der Waals surface area (Å²) in [5.41, 5.74) is 8.03. The van der Waals surface area contributed by atoms with E-state index in [4.69, 9.17) is 11.1 Å². The SMILES string of the molecule is Cc1ccc(Sc2cccc(F)c2C(=N)N)cc1C. The maximum absolute atomic E-state index is 13.7. The highest BCUT2D eigenvalue weighted by Crippen LogP contribution is 2.32. The molecule has 0 saturated heterocycles. The minimum Gasteiger partial charge on any atom is -0.384 e. The molecule has 19 heavy (non-hydrogen) atoms. The number of nitrogens with two attached hydrogens (primary N) is 1. The smallest absolute Gasteiger partial charge is 0.135 e. The summed E-state index contributed by atoms with van der Waals surface area (Å²) < 4.78 is 13.7. The monoisotopic (exact) mass is 274 g/mol. The molecule has 2 aromatic carbocycles. The van der Waals surface area contributed by atoms with E-state index in [0.717, 1.165) is 4.90 Å². The second-order valence-electron chi connectivity index (χ2n) is 4.37. The number of hydrogen-bond acceptors (Lipinski definition) is 2. The maximum Gasteiger partial charge on any atom is 0.135 e. The maximum atomic E-state index is 13.7. The summed E-state index contributed by atoms with van der Waals surface area (Å²) in [6, 6.07) is 10.8. The van der Waals surface area contributed by atoms with Gasteiger partial charge in [-0.15, -0.1) is 0 Å². The lowest BCUT2D eigenvalue weighted by Gasteiger charge is -2.10. The Balaban J connectivity index is 2.40. The standard InChI is InChI=1S/C15H15FN2S/c1-9-6-7-11(8-10(9)2)19-13-5-3-4-12(16)14(13)15(17)18/h3-8H,1-2H3,(H3,17,18). The van der Waals surface area contributed by atoms with Gasteiger partial charge < -0.3 is 5.73 Å². The number of amidine groups is 1. The molecule has 3 N–H and O–H groups in total. The molecule has 0 aromatic heterocycles. The van der Waals surface area contributed by atoms with Gasteiger partial charge in [0.2, 0.25) is 0 Å². The van der Waals surface area contributed by atoms with Gasteiger partial charge in [-0.1, -0.05) is 23.9 Å². The highest BCUT2D eigenvalue weighted by Gasteiger charge is 2.12. The van der Waals surface area contributed by atoms with Crippen LogP contribution in [0.1, 0.15) is 16.7 Å². The van der Waals surface area contributed by atoms with Crippen LogP contribution in [0, 0.1) is 25.1 Å². The molecule has 2 aromatic rings. The van der Waals surface area contributed by atoms with Crippen molar-refractivity contribution in [3.8, 4) is 0 Å². The van der Waals surface area contributed by atoms with E-state index in [1.165, 1.54) is 29.0 Å². The van der Waals surface area contributed by atoms with Gasteiger partial charge in [0.15, 0.2) is 0 Å². The van der Waals surface area contributed by atoms with Crippen molar-refractivity contribution in [1.82, 2.24) is 0 Å². The summed E-state index contributed by atoms with van der Waals surface area (Å²) in [4.78, 5) is 1.67. The topological polar surface area (TPSA) is 49.9 Å². The minimum absolute atomic E-state index is 0.172. The van der Waals surface area contributed by atoms with Crippen molar-refractivity contribution in [2.45, 2.75) is 23.6 Å². The summed E-state index contributed by atoms with van der Waals surface area (Å²) in [6.45, 7) is 4.09. The van der Waals surface area contributed by atoms with E-state index in [0.29, 0.717) is 4.90 Å². The molecule has 2 nitrogen and oxygen atoms in total. The predicted octanol–water partition coefficient (Wildman–Crippen LogP) is 3.88. The molecular formula is C15H15FN2S. The summed E-state index contributed by atoms with van der Waals surface area (Å²) in [5.74, 6) is -0.703. The lowest BCUT2D eigenvalue weighted by Crippen LogP contribution is -2.14. The zero-order chi connectivity index (χ0) is 14.0. The fraction of sp³-hybridized carbons (Fsp3) is 0.133. The van der Waals surface area contributed by atoms with E-state index >= 15 is 0 Å². The Morgan fingerprint density at radius 3 is 2.53 bits per heavy atom. The molecule has 0 bridgehead atoms. The quantitative estimate of drug-likeness (QED) is 0.659. The first-order valence-corrected chi connectivity index (χ1v) is 6.68. The largest absolute Gasteiger partial charge is 0.384 e. The molecule has 0 fully saturated rings.